The second-order valence-corrected chi connectivity index (χ2v) is 8.39. The molecule has 5 heteroatoms. The monoisotopic (exact) mass is 434 g/mol. The van der Waals surface area contributed by atoms with Crippen LogP contribution in [0.25, 0.3) is 0 Å². The van der Waals surface area contributed by atoms with E-state index in [-0.39, 0.29) is 17.9 Å². The molecule has 0 heterocycles. The Kier molecular flexibility index (Phi) is 7.13. The summed E-state index contributed by atoms with van der Waals surface area (Å²) in [6.45, 7) is 7.76. The van der Waals surface area contributed by atoms with Crippen molar-refractivity contribution in [2.24, 2.45) is 0 Å². The third kappa shape index (κ3) is 5.74. The fraction of sp³-hybridized carbons (Fsp3) is 0.231. The lowest BCUT2D eigenvalue weighted by Crippen LogP contribution is -2.34. The molecule has 4 nitrogen and oxygen atoms in total. The predicted octanol–water partition coefficient (Wildman–Crippen LogP) is 5.88. The summed E-state index contributed by atoms with van der Waals surface area (Å²) in [6, 6.07) is 18.8. The Bertz CT molecular complexity index is 1100. The summed E-state index contributed by atoms with van der Waals surface area (Å²) in [5.41, 5.74) is 5.87. The Morgan fingerprint density at radius 3 is 2.32 bits per heavy atom. The molecule has 0 saturated carbocycles. The van der Waals surface area contributed by atoms with Crippen molar-refractivity contribution in [2.75, 3.05) is 5.32 Å². The number of aryl methyl sites for hydroxylation is 3. The first kappa shape index (κ1) is 22.6. The van der Waals surface area contributed by atoms with E-state index in [2.05, 4.69) is 10.6 Å². The molecule has 0 spiro atoms. The van der Waals surface area contributed by atoms with E-state index in [4.69, 9.17) is 11.6 Å². The van der Waals surface area contributed by atoms with E-state index in [1.807, 2.05) is 76.2 Å². The number of carbonyl (C=O) groups is 2. The molecule has 1 atom stereocenters. The van der Waals surface area contributed by atoms with Crippen LogP contribution in [0.5, 0.6) is 0 Å². The number of anilines is 1. The van der Waals surface area contributed by atoms with Gasteiger partial charge in [0.25, 0.3) is 11.8 Å². The fourth-order valence-electron chi connectivity index (χ4n) is 3.59. The molecule has 2 amide bonds. The van der Waals surface area contributed by atoms with Crippen molar-refractivity contribution in [3.63, 3.8) is 0 Å². The standard InChI is InChI=1S/C26H27ClN2O2/c1-16-7-5-9-21(13-16)25(30)29-23-12-11-20(14-18(23)3)15-19(4)28-26(31)24-17(2)8-6-10-22(24)27/h5-14,19H,15H2,1-4H3,(H,28,31)(H,29,30). The molecule has 0 aromatic heterocycles. The highest BCUT2D eigenvalue weighted by Crippen LogP contribution is 2.21. The molecule has 1 unspecified atom stereocenters. The summed E-state index contributed by atoms with van der Waals surface area (Å²) >= 11 is 6.21. The van der Waals surface area contributed by atoms with Crippen molar-refractivity contribution in [1.29, 1.82) is 0 Å². The molecule has 3 aromatic carbocycles. The van der Waals surface area contributed by atoms with E-state index in [1.54, 1.807) is 12.1 Å². The van der Waals surface area contributed by atoms with Crippen LogP contribution in [0.1, 0.15) is 49.9 Å². The molecule has 0 aliphatic carbocycles. The average molecular weight is 435 g/mol. The normalized spacial score (nSPS) is 11.6. The van der Waals surface area contributed by atoms with Crippen LogP contribution in [0.15, 0.2) is 60.7 Å². The number of halogens is 1. The average Bonchev–Trinajstić information content (AvgIpc) is 2.69. The van der Waals surface area contributed by atoms with Gasteiger partial charge in [-0.15, -0.1) is 0 Å². The number of hydrogen-bond acceptors (Lipinski definition) is 2. The Hall–Kier alpha value is -3.11. The van der Waals surface area contributed by atoms with Gasteiger partial charge >= 0.3 is 0 Å². The smallest absolute Gasteiger partial charge is 0.255 e. The third-order valence-electron chi connectivity index (χ3n) is 5.19. The third-order valence-corrected chi connectivity index (χ3v) is 5.50. The molecule has 3 rings (SSSR count). The maximum Gasteiger partial charge on any atom is 0.255 e. The first-order chi connectivity index (χ1) is 14.7. The highest BCUT2D eigenvalue weighted by molar-refractivity contribution is 6.34. The maximum atomic E-state index is 12.6. The molecule has 160 valence electrons. The van der Waals surface area contributed by atoms with Gasteiger partial charge in [-0.2, -0.15) is 0 Å². The van der Waals surface area contributed by atoms with E-state index in [0.717, 1.165) is 27.9 Å². The van der Waals surface area contributed by atoms with E-state index < -0.39 is 0 Å². The molecule has 0 aliphatic rings. The van der Waals surface area contributed by atoms with Gasteiger partial charge in [0.05, 0.1) is 10.6 Å². The summed E-state index contributed by atoms with van der Waals surface area (Å²) in [5.74, 6) is -0.301. The first-order valence-corrected chi connectivity index (χ1v) is 10.7. The van der Waals surface area contributed by atoms with E-state index in [0.29, 0.717) is 22.6 Å². The lowest BCUT2D eigenvalue weighted by atomic mass is 10.0. The van der Waals surface area contributed by atoms with Gasteiger partial charge < -0.3 is 10.6 Å². The van der Waals surface area contributed by atoms with E-state index >= 15 is 0 Å². The first-order valence-electron chi connectivity index (χ1n) is 10.3. The fourth-order valence-corrected chi connectivity index (χ4v) is 3.90. The van der Waals surface area contributed by atoms with Crippen molar-refractivity contribution in [1.82, 2.24) is 5.32 Å². The lowest BCUT2D eigenvalue weighted by Gasteiger charge is -2.17. The lowest BCUT2D eigenvalue weighted by molar-refractivity contribution is 0.0938. The summed E-state index contributed by atoms with van der Waals surface area (Å²) in [7, 11) is 0. The number of rotatable bonds is 6. The molecule has 31 heavy (non-hydrogen) atoms. The summed E-state index contributed by atoms with van der Waals surface area (Å²) in [5, 5.41) is 6.46. The van der Waals surface area contributed by atoms with E-state index in [1.165, 1.54) is 0 Å². The minimum absolute atomic E-state index is 0.0738. The summed E-state index contributed by atoms with van der Waals surface area (Å²) in [4.78, 5) is 25.2. The van der Waals surface area contributed by atoms with Crippen molar-refractivity contribution in [3.05, 3.63) is 99.1 Å². The van der Waals surface area contributed by atoms with Crippen LogP contribution in [0, 0.1) is 20.8 Å². The largest absolute Gasteiger partial charge is 0.349 e. The number of amides is 2. The quantitative estimate of drug-likeness (QED) is 0.509. The minimum atomic E-state index is -0.172. The number of benzene rings is 3. The van der Waals surface area contributed by atoms with Gasteiger partial charge in [-0.3, -0.25) is 9.59 Å². The zero-order chi connectivity index (χ0) is 22.5. The number of carbonyl (C=O) groups excluding carboxylic acids is 2. The molecule has 3 aromatic rings. The van der Waals surface area contributed by atoms with Crippen molar-refractivity contribution < 1.29 is 9.59 Å². The zero-order valence-electron chi connectivity index (χ0n) is 18.3. The van der Waals surface area contributed by atoms with Crippen LogP contribution >= 0.6 is 11.6 Å². The number of nitrogens with one attached hydrogen (secondary N) is 2. The predicted molar refractivity (Wildman–Crippen MR) is 127 cm³/mol. The van der Waals surface area contributed by atoms with E-state index in [9.17, 15) is 9.59 Å². The summed E-state index contributed by atoms with van der Waals surface area (Å²) in [6.07, 6.45) is 0.669. The van der Waals surface area contributed by atoms with Crippen LogP contribution in [0.3, 0.4) is 0 Å². The molecular weight excluding hydrogens is 408 g/mol. The van der Waals surface area contributed by atoms with Gasteiger partial charge in [0.1, 0.15) is 0 Å². The van der Waals surface area contributed by atoms with Crippen LogP contribution in [-0.2, 0) is 6.42 Å². The number of hydrogen-bond donors (Lipinski definition) is 2. The Morgan fingerprint density at radius 1 is 0.903 bits per heavy atom. The van der Waals surface area contributed by atoms with Gasteiger partial charge in [-0.05, 0) is 75.1 Å². The Labute approximate surface area is 188 Å². The van der Waals surface area contributed by atoms with Gasteiger partial charge in [0.2, 0.25) is 0 Å². The highest BCUT2D eigenvalue weighted by atomic mass is 35.5. The SMILES string of the molecule is Cc1cccc(C(=O)Nc2ccc(CC(C)NC(=O)c3c(C)cccc3Cl)cc2C)c1. The van der Waals surface area contributed by atoms with Crippen LogP contribution in [0.4, 0.5) is 5.69 Å². The molecule has 0 radical (unpaired) electrons. The van der Waals surface area contributed by atoms with Gasteiger partial charge in [-0.1, -0.05) is 53.6 Å². The molecule has 0 bridgehead atoms. The van der Waals surface area contributed by atoms with Crippen LogP contribution in [-0.4, -0.2) is 17.9 Å². The molecule has 0 fully saturated rings. The second-order valence-electron chi connectivity index (χ2n) is 7.98. The second kappa shape index (κ2) is 9.80. The van der Waals surface area contributed by atoms with Crippen LogP contribution in [0.2, 0.25) is 5.02 Å². The Morgan fingerprint density at radius 2 is 1.65 bits per heavy atom. The Balaban J connectivity index is 1.64. The van der Waals surface area contributed by atoms with Gasteiger partial charge in [0.15, 0.2) is 0 Å². The van der Waals surface area contributed by atoms with Crippen molar-refractivity contribution in [2.45, 2.75) is 40.2 Å². The molecular formula is C26H27ClN2O2. The highest BCUT2D eigenvalue weighted by Gasteiger charge is 2.16. The van der Waals surface area contributed by atoms with Gasteiger partial charge in [0, 0.05) is 17.3 Å². The van der Waals surface area contributed by atoms with Crippen LogP contribution < -0.4 is 10.6 Å². The molecule has 0 aliphatic heterocycles. The topological polar surface area (TPSA) is 58.2 Å². The zero-order valence-corrected chi connectivity index (χ0v) is 19.0. The molecule has 2 N–H and O–H groups in total. The maximum absolute atomic E-state index is 12.6. The minimum Gasteiger partial charge on any atom is -0.349 e. The molecule has 0 saturated heterocycles. The van der Waals surface area contributed by atoms with Gasteiger partial charge in [-0.25, -0.2) is 0 Å². The summed E-state index contributed by atoms with van der Waals surface area (Å²) < 4.78 is 0. The van der Waals surface area contributed by atoms with Crippen molar-refractivity contribution >= 4 is 29.1 Å². The van der Waals surface area contributed by atoms with Crippen molar-refractivity contribution in [3.8, 4) is 0 Å².